The third-order valence-corrected chi connectivity index (χ3v) is 2.70. The van der Waals surface area contributed by atoms with Gasteiger partial charge in [0.2, 0.25) is 5.29 Å². The molecule has 1 rings (SSSR count). The van der Waals surface area contributed by atoms with E-state index in [2.05, 4.69) is 0 Å². The summed E-state index contributed by atoms with van der Waals surface area (Å²) in [5.74, 6) is -1.14. The van der Waals surface area contributed by atoms with Crippen LogP contribution in [0.4, 0.5) is 0 Å². The number of benzene rings is 1. The lowest BCUT2D eigenvalue weighted by molar-refractivity contribution is -0.165. The van der Waals surface area contributed by atoms with Crippen molar-refractivity contribution in [2.45, 2.75) is 6.92 Å². The smallest absolute Gasteiger partial charge is 0.377 e. The Labute approximate surface area is 87.1 Å². The standard InChI is InChI=1S/C9H9O5P/c1-6(9(11)12)15(13)14-8-4-2-3-7(10)5-8/h2-5,10H,1H3,(H,11,12). The van der Waals surface area contributed by atoms with E-state index in [1.807, 2.05) is 0 Å². The summed E-state index contributed by atoms with van der Waals surface area (Å²) in [5, 5.41) is 17.3. The summed E-state index contributed by atoms with van der Waals surface area (Å²) < 4.78 is 4.85. The van der Waals surface area contributed by atoms with E-state index < -0.39 is 14.0 Å². The average molecular weight is 228 g/mol. The molecule has 0 aliphatic heterocycles. The van der Waals surface area contributed by atoms with E-state index in [1.165, 1.54) is 31.2 Å². The number of carboxylic acids is 1. The van der Waals surface area contributed by atoms with Crippen LogP contribution in [0.3, 0.4) is 0 Å². The monoisotopic (exact) mass is 228 g/mol. The van der Waals surface area contributed by atoms with Gasteiger partial charge in [0.25, 0.3) is 8.00 Å². The first-order chi connectivity index (χ1) is 7.00. The Morgan fingerprint density at radius 1 is 1.53 bits per heavy atom. The normalized spacial score (nSPS) is 11.9. The van der Waals surface area contributed by atoms with E-state index in [0.29, 0.717) is 0 Å². The second-order valence-electron chi connectivity index (χ2n) is 2.74. The van der Waals surface area contributed by atoms with E-state index in [4.69, 9.17) is 14.7 Å². The van der Waals surface area contributed by atoms with Crippen molar-refractivity contribution in [1.29, 1.82) is 0 Å². The number of carbonyl (C=O) groups is 1. The average Bonchev–Trinajstić information content (AvgIpc) is 2.16. The first kappa shape index (κ1) is 11.5. The molecule has 0 aliphatic rings. The molecular formula is C9H9O5P. The second kappa shape index (κ2) is 4.77. The van der Waals surface area contributed by atoms with E-state index in [0.717, 1.165) is 0 Å². The molecule has 5 nitrogen and oxygen atoms in total. The highest BCUT2D eigenvalue weighted by Gasteiger charge is 2.15. The van der Waals surface area contributed by atoms with E-state index in [1.54, 1.807) is 0 Å². The van der Waals surface area contributed by atoms with E-state index in [-0.39, 0.29) is 16.8 Å². The Balaban J connectivity index is 2.87. The van der Waals surface area contributed by atoms with Crippen LogP contribution in [-0.4, -0.2) is 21.5 Å². The predicted octanol–water partition coefficient (Wildman–Crippen LogP) is 0.720. The molecule has 1 aromatic carbocycles. The number of carboxylic acid groups (broad SMARTS) is 1. The molecule has 0 amide bonds. The zero-order valence-electron chi connectivity index (χ0n) is 7.88. The zero-order valence-corrected chi connectivity index (χ0v) is 8.77. The van der Waals surface area contributed by atoms with Gasteiger partial charge in [0.05, 0.1) is 0 Å². The molecule has 0 spiro atoms. The maximum absolute atomic E-state index is 11.3. The van der Waals surface area contributed by atoms with Gasteiger partial charge in [-0.15, -0.1) is 0 Å². The Kier molecular flexibility index (Phi) is 3.66. The van der Waals surface area contributed by atoms with Crippen molar-refractivity contribution in [3.05, 3.63) is 24.3 Å². The highest BCUT2D eigenvalue weighted by molar-refractivity contribution is 7.49. The van der Waals surface area contributed by atoms with Gasteiger partial charge in [-0.25, -0.2) is 4.79 Å². The molecule has 0 heterocycles. The summed E-state index contributed by atoms with van der Waals surface area (Å²) in [5.41, 5.74) is 0. The molecule has 0 bridgehead atoms. The number of rotatable bonds is 3. The molecule has 0 radical (unpaired) electrons. The molecule has 80 valence electrons. The third kappa shape index (κ3) is 3.23. The first-order valence-electron chi connectivity index (χ1n) is 4.02. The molecule has 1 atom stereocenters. The molecule has 2 N–H and O–H groups in total. The topological polar surface area (TPSA) is 89.8 Å². The number of phenolic OH excluding ortho intramolecular Hbond substituents is 1. The fraction of sp³-hybridized carbons (Fsp3) is 0.111. The van der Waals surface area contributed by atoms with Crippen molar-refractivity contribution >= 4 is 19.3 Å². The van der Waals surface area contributed by atoms with Crippen molar-refractivity contribution in [2.75, 3.05) is 0 Å². The summed E-state index contributed by atoms with van der Waals surface area (Å²) >= 11 is 0. The first-order valence-corrected chi connectivity index (χ1v) is 5.19. The summed E-state index contributed by atoms with van der Waals surface area (Å²) in [4.78, 5) is 21.7. The molecule has 1 unspecified atom stereocenters. The van der Waals surface area contributed by atoms with Crippen molar-refractivity contribution in [3.8, 4) is 11.5 Å². The molecule has 6 heteroatoms. The summed E-state index contributed by atoms with van der Waals surface area (Å²) in [6.07, 6.45) is 0. The van der Waals surface area contributed by atoms with Crippen LogP contribution in [0.25, 0.3) is 0 Å². The summed E-state index contributed by atoms with van der Waals surface area (Å²) in [7, 11) is -2.41. The molecule has 0 aliphatic carbocycles. The van der Waals surface area contributed by atoms with Gasteiger partial charge in [-0.2, -0.15) is 0 Å². The van der Waals surface area contributed by atoms with Gasteiger partial charge >= 0.3 is 5.97 Å². The minimum Gasteiger partial charge on any atom is -0.594 e. The highest BCUT2D eigenvalue weighted by atomic mass is 31.1. The molecular weight excluding hydrogens is 219 g/mol. The van der Waals surface area contributed by atoms with Crippen LogP contribution in [0.5, 0.6) is 11.5 Å². The van der Waals surface area contributed by atoms with Crippen LogP contribution < -0.4 is 9.42 Å². The maximum atomic E-state index is 11.3. The minimum atomic E-state index is -2.41. The van der Waals surface area contributed by atoms with Crippen LogP contribution in [-0.2, 0) is 4.79 Å². The summed E-state index contributed by atoms with van der Waals surface area (Å²) in [6.45, 7) is 1.21. The minimum absolute atomic E-state index is 0.0381. The molecule has 0 aromatic heterocycles. The number of phenols is 1. The Morgan fingerprint density at radius 2 is 2.20 bits per heavy atom. The largest absolute Gasteiger partial charge is 0.594 e. The van der Waals surface area contributed by atoms with Gasteiger partial charge < -0.3 is 15.1 Å². The van der Waals surface area contributed by atoms with E-state index >= 15 is 0 Å². The van der Waals surface area contributed by atoms with Gasteiger partial charge in [-0.3, -0.25) is 4.52 Å². The molecule has 0 saturated carbocycles. The van der Waals surface area contributed by atoms with Crippen LogP contribution >= 0.6 is 8.00 Å². The fourth-order valence-corrected chi connectivity index (χ4v) is 1.38. The lowest BCUT2D eigenvalue weighted by atomic mass is 10.3. The molecule has 0 fully saturated rings. The van der Waals surface area contributed by atoms with Crippen molar-refractivity contribution in [1.82, 2.24) is 0 Å². The lowest BCUT2D eigenvalue weighted by Crippen LogP contribution is -2.13. The fourth-order valence-electron chi connectivity index (χ4n) is 0.783. The maximum Gasteiger partial charge on any atom is 0.377 e. The second-order valence-corrected chi connectivity index (χ2v) is 4.10. The van der Waals surface area contributed by atoms with Crippen LogP contribution in [0, 0.1) is 0 Å². The zero-order chi connectivity index (χ0) is 11.4. The number of aliphatic carboxylic acids is 1. The van der Waals surface area contributed by atoms with Crippen molar-refractivity contribution < 1.29 is 24.4 Å². The highest BCUT2D eigenvalue weighted by Crippen LogP contribution is 2.25. The van der Waals surface area contributed by atoms with Crippen LogP contribution in [0.2, 0.25) is 0 Å². The molecule has 0 saturated heterocycles. The number of hydrogen-bond acceptors (Lipinski definition) is 4. The Hall–Kier alpha value is -1.58. The van der Waals surface area contributed by atoms with Gasteiger partial charge in [0, 0.05) is 13.0 Å². The third-order valence-electron chi connectivity index (χ3n) is 1.59. The number of aromatic hydroxyl groups is 1. The van der Waals surface area contributed by atoms with Gasteiger partial charge in [0.15, 0.2) is 5.75 Å². The molecule has 1 aromatic rings. The van der Waals surface area contributed by atoms with Crippen molar-refractivity contribution in [3.63, 3.8) is 0 Å². The predicted molar refractivity (Wildman–Crippen MR) is 54.0 cm³/mol. The van der Waals surface area contributed by atoms with Crippen LogP contribution in [0.1, 0.15) is 6.92 Å². The Bertz CT molecular complexity index is 413. The summed E-state index contributed by atoms with van der Waals surface area (Å²) in [6, 6.07) is 5.65. The van der Waals surface area contributed by atoms with Gasteiger partial charge in [-0.05, 0) is 12.1 Å². The van der Waals surface area contributed by atoms with Crippen molar-refractivity contribution in [2.24, 2.45) is 0 Å². The molecule has 15 heavy (non-hydrogen) atoms. The van der Waals surface area contributed by atoms with Crippen LogP contribution in [0.15, 0.2) is 24.3 Å². The van der Waals surface area contributed by atoms with Gasteiger partial charge in [0.1, 0.15) is 5.75 Å². The lowest BCUT2D eigenvalue weighted by Gasteiger charge is -2.01. The Morgan fingerprint density at radius 3 is 2.73 bits per heavy atom. The van der Waals surface area contributed by atoms with E-state index in [9.17, 15) is 9.69 Å². The number of hydrogen-bond donors (Lipinski definition) is 2. The SMILES string of the molecule is C/C(C(=O)O)=[P+](/[O-])Oc1cccc(O)c1. The van der Waals surface area contributed by atoms with Gasteiger partial charge in [-0.1, -0.05) is 6.07 Å². The quantitative estimate of drug-likeness (QED) is 0.744.